The number of amides is 1. The van der Waals surface area contributed by atoms with Crippen molar-refractivity contribution in [3.8, 4) is 0 Å². The second kappa shape index (κ2) is 14.9. The predicted octanol–water partition coefficient (Wildman–Crippen LogP) is -5.56. The van der Waals surface area contributed by atoms with Crippen LogP contribution in [-0.4, -0.2) is 155 Å². The summed E-state index contributed by atoms with van der Waals surface area (Å²) in [5.41, 5.74) is 11.8. The van der Waals surface area contributed by atoms with Crippen molar-refractivity contribution in [3.63, 3.8) is 0 Å². The van der Waals surface area contributed by atoms with Crippen LogP contribution in [0.1, 0.15) is 20.8 Å². The highest BCUT2D eigenvalue weighted by molar-refractivity contribution is 5.73. The molecule has 15 atom stereocenters. The van der Waals surface area contributed by atoms with E-state index in [0.29, 0.717) is 0 Å². The zero-order chi connectivity index (χ0) is 29.7. The van der Waals surface area contributed by atoms with E-state index in [1.807, 2.05) is 0 Å². The SMILES string of the molecule is CC(=O)NC1[C@H](O[C@@H]2C(CO)O[C@@H](O[C@@H]3C(CO)OCC(N)[C@H]3O)C(NCC(C)N)[C@H]2O)OC(CO)[C@H](C)[C@@H]1O. The Bertz CT molecular complexity index is 797. The standard InChI is InChI=1S/C24H46N4O12/c1-9(25)4-27-16-20(35)22(40-24-17(28-11(3)32)18(33)10(2)13(5-29)37-24)15(7-31)38-23(16)39-21-14(6-30)36-8-12(26)19(21)34/h9-10,12-24,27,29-31,33-35H,4-8,25-26H2,1-3H3,(H,28,32)/t9?,10-,12?,13?,14?,15?,16?,17?,18-,19+,20+,21+,22+,23-,24-/m0/s1. The molecule has 3 rings (SSSR count). The van der Waals surface area contributed by atoms with Crippen LogP contribution >= 0.6 is 0 Å². The molecular formula is C24H46N4O12. The molecule has 0 spiro atoms. The number of carbonyl (C=O) groups excluding carboxylic acids is 1. The van der Waals surface area contributed by atoms with E-state index in [-0.39, 0.29) is 19.2 Å². The molecular weight excluding hydrogens is 536 g/mol. The number of aliphatic hydroxyl groups is 6. The van der Waals surface area contributed by atoms with Crippen LogP contribution in [0.3, 0.4) is 0 Å². The highest BCUT2D eigenvalue weighted by Crippen LogP contribution is 2.32. The summed E-state index contributed by atoms with van der Waals surface area (Å²) in [6.07, 6.45) is -11.8. The molecule has 3 fully saturated rings. The van der Waals surface area contributed by atoms with Crippen molar-refractivity contribution >= 4 is 5.91 Å². The molecule has 0 aromatic rings. The van der Waals surface area contributed by atoms with E-state index < -0.39 is 111 Å². The molecule has 7 unspecified atom stereocenters. The van der Waals surface area contributed by atoms with Gasteiger partial charge in [0.25, 0.3) is 0 Å². The molecule has 3 heterocycles. The van der Waals surface area contributed by atoms with Gasteiger partial charge in [0.05, 0.1) is 50.7 Å². The van der Waals surface area contributed by atoms with E-state index >= 15 is 0 Å². The van der Waals surface area contributed by atoms with Crippen LogP contribution in [-0.2, 0) is 28.5 Å². The first-order valence-electron chi connectivity index (χ1n) is 13.5. The van der Waals surface area contributed by atoms with Gasteiger partial charge in [-0.1, -0.05) is 6.92 Å². The molecule has 0 aromatic heterocycles. The van der Waals surface area contributed by atoms with Gasteiger partial charge < -0.3 is 76.4 Å². The third-order valence-electron chi connectivity index (χ3n) is 7.58. The van der Waals surface area contributed by atoms with Crippen LogP contribution in [0.5, 0.6) is 0 Å². The van der Waals surface area contributed by atoms with Crippen LogP contribution in [0.4, 0.5) is 0 Å². The maximum Gasteiger partial charge on any atom is 0.217 e. The second-order valence-electron chi connectivity index (χ2n) is 10.8. The van der Waals surface area contributed by atoms with Gasteiger partial charge in [0.2, 0.25) is 5.91 Å². The Labute approximate surface area is 232 Å². The smallest absolute Gasteiger partial charge is 0.217 e. The minimum atomic E-state index is -1.44. The Balaban J connectivity index is 1.87. The molecule has 12 N–H and O–H groups in total. The first-order valence-corrected chi connectivity index (χ1v) is 13.5. The van der Waals surface area contributed by atoms with Crippen LogP contribution in [0.25, 0.3) is 0 Å². The van der Waals surface area contributed by atoms with Crippen molar-refractivity contribution in [1.29, 1.82) is 0 Å². The van der Waals surface area contributed by atoms with Crippen molar-refractivity contribution in [1.82, 2.24) is 10.6 Å². The van der Waals surface area contributed by atoms with E-state index in [1.54, 1.807) is 13.8 Å². The van der Waals surface area contributed by atoms with Gasteiger partial charge in [-0.15, -0.1) is 0 Å². The van der Waals surface area contributed by atoms with Crippen molar-refractivity contribution < 1.29 is 59.1 Å². The highest BCUT2D eigenvalue weighted by atomic mass is 16.7. The fraction of sp³-hybridized carbons (Fsp3) is 0.958. The van der Waals surface area contributed by atoms with Gasteiger partial charge in [0, 0.05) is 25.4 Å². The largest absolute Gasteiger partial charge is 0.394 e. The molecule has 0 bridgehead atoms. The number of nitrogens with two attached hydrogens (primary N) is 2. The monoisotopic (exact) mass is 582 g/mol. The van der Waals surface area contributed by atoms with Gasteiger partial charge in [-0.2, -0.15) is 0 Å². The summed E-state index contributed by atoms with van der Waals surface area (Å²) in [4.78, 5) is 11.9. The maximum atomic E-state index is 11.9. The lowest BCUT2D eigenvalue weighted by molar-refractivity contribution is -0.342. The number of hydrogen-bond acceptors (Lipinski definition) is 15. The maximum absolute atomic E-state index is 11.9. The molecule has 40 heavy (non-hydrogen) atoms. The Kier molecular flexibility index (Phi) is 12.4. The third kappa shape index (κ3) is 7.64. The van der Waals surface area contributed by atoms with E-state index in [2.05, 4.69) is 10.6 Å². The fourth-order valence-corrected chi connectivity index (χ4v) is 5.22. The van der Waals surface area contributed by atoms with E-state index in [9.17, 15) is 35.4 Å². The first kappa shape index (κ1) is 33.4. The molecule has 0 aliphatic carbocycles. The van der Waals surface area contributed by atoms with Crippen LogP contribution in [0, 0.1) is 5.92 Å². The lowest BCUT2D eigenvalue weighted by Gasteiger charge is -2.49. The zero-order valence-electron chi connectivity index (χ0n) is 23.0. The molecule has 1 amide bonds. The molecule has 0 saturated carbocycles. The van der Waals surface area contributed by atoms with Gasteiger partial charge in [0.15, 0.2) is 12.6 Å². The number of carbonyl (C=O) groups is 1. The molecule has 3 aliphatic heterocycles. The van der Waals surface area contributed by atoms with Crippen molar-refractivity contribution in [2.75, 3.05) is 33.0 Å². The van der Waals surface area contributed by atoms with Gasteiger partial charge in [0.1, 0.15) is 42.7 Å². The van der Waals surface area contributed by atoms with Gasteiger partial charge in [-0.25, -0.2) is 0 Å². The summed E-state index contributed by atoms with van der Waals surface area (Å²) < 4.78 is 29.4. The summed E-state index contributed by atoms with van der Waals surface area (Å²) in [5.74, 6) is -1.03. The molecule has 234 valence electrons. The minimum absolute atomic E-state index is 0.00188. The second-order valence-corrected chi connectivity index (χ2v) is 10.8. The van der Waals surface area contributed by atoms with Gasteiger partial charge in [-0.3, -0.25) is 4.79 Å². The summed E-state index contributed by atoms with van der Waals surface area (Å²) in [7, 11) is 0. The molecule has 3 saturated heterocycles. The lowest BCUT2D eigenvalue weighted by Crippen LogP contribution is -2.69. The molecule has 3 aliphatic rings. The normalized spacial score (nSPS) is 45.2. The molecule has 16 heteroatoms. The Morgan fingerprint density at radius 3 is 2.02 bits per heavy atom. The first-order chi connectivity index (χ1) is 18.9. The Morgan fingerprint density at radius 1 is 0.925 bits per heavy atom. The Morgan fingerprint density at radius 2 is 1.48 bits per heavy atom. The number of nitrogens with one attached hydrogen (secondary N) is 2. The van der Waals surface area contributed by atoms with E-state index in [0.717, 1.165) is 0 Å². The summed E-state index contributed by atoms with van der Waals surface area (Å²) in [5, 5.41) is 68.4. The lowest BCUT2D eigenvalue weighted by atomic mass is 9.89. The van der Waals surface area contributed by atoms with Crippen LogP contribution < -0.4 is 22.1 Å². The summed E-state index contributed by atoms with van der Waals surface area (Å²) in [6, 6.07) is -3.25. The van der Waals surface area contributed by atoms with E-state index in [1.165, 1.54) is 6.92 Å². The topological polar surface area (TPSA) is 261 Å². The highest BCUT2D eigenvalue weighted by Gasteiger charge is 2.52. The minimum Gasteiger partial charge on any atom is -0.394 e. The third-order valence-corrected chi connectivity index (χ3v) is 7.58. The molecule has 0 aromatic carbocycles. The Hall–Kier alpha value is -1.09. The van der Waals surface area contributed by atoms with E-state index in [4.69, 9.17) is 35.2 Å². The van der Waals surface area contributed by atoms with Crippen LogP contribution in [0.15, 0.2) is 0 Å². The molecule has 0 radical (unpaired) electrons. The number of ether oxygens (including phenoxy) is 5. The molecule has 16 nitrogen and oxygen atoms in total. The van der Waals surface area contributed by atoms with Crippen molar-refractivity contribution in [2.45, 2.75) is 106 Å². The van der Waals surface area contributed by atoms with Crippen molar-refractivity contribution in [3.05, 3.63) is 0 Å². The number of rotatable bonds is 11. The number of hydrogen-bond donors (Lipinski definition) is 10. The fourth-order valence-electron chi connectivity index (χ4n) is 5.22. The summed E-state index contributed by atoms with van der Waals surface area (Å²) in [6.45, 7) is 3.27. The summed E-state index contributed by atoms with van der Waals surface area (Å²) >= 11 is 0. The quantitative estimate of drug-likeness (QED) is 0.109. The average molecular weight is 583 g/mol. The average Bonchev–Trinajstić information content (AvgIpc) is 2.91. The van der Waals surface area contributed by atoms with Crippen LogP contribution in [0.2, 0.25) is 0 Å². The zero-order valence-corrected chi connectivity index (χ0v) is 23.0. The van der Waals surface area contributed by atoms with Gasteiger partial charge in [-0.05, 0) is 6.92 Å². The van der Waals surface area contributed by atoms with Crippen molar-refractivity contribution in [2.24, 2.45) is 17.4 Å². The number of aliphatic hydroxyl groups excluding tert-OH is 6. The predicted molar refractivity (Wildman–Crippen MR) is 136 cm³/mol. The van der Waals surface area contributed by atoms with Gasteiger partial charge >= 0.3 is 0 Å².